The monoisotopic (exact) mass is 257 g/mol. The van der Waals surface area contributed by atoms with Gasteiger partial charge in [0, 0.05) is 12.2 Å². The van der Waals surface area contributed by atoms with Gasteiger partial charge in [0.15, 0.2) is 5.82 Å². The van der Waals surface area contributed by atoms with E-state index in [0.717, 1.165) is 25.1 Å². The lowest BCUT2D eigenvalue weighted by Gasteiger charge is -2.09. The molecule has 1 heterocycles. The minimum Gasteiger partial charge on any atom is -0.353 e. The van der Waals surface area contributed by atoms with Gasteiger partial charge >= 0.3 is 0 Å². The molecule has 19 heavy (non-hydrogen) atoms. The molecular weight excluding hydrogens is 238 g/mol. The molecule has 0 aliphatic carbocycles. The fraction of sp³-hybridized carbons (Fsp3) is 0.357. The maximum atomic E-state index is 4.39. The maximum absolute atomic E-state index is 4.39. The zero-order chi connectivity index (χ0) is 13.5. The van der Waals surface area contributed by atoms with Crippen molar-refractivity contribution in [1.82, 2.24) is 15.2 Å². The van der Waals surface area contributed by atoms with Crippen LogP contribution in [-0.2, 0) is 0 Å². The number of benzene rings is 1. The Morgan fingerprint density at radius 1 is 1.21 bits per heavy atom. The van der Waals surface area contributed by atoms with Gasteiger partial charge in [-0.1, -0.05) is 31.5 Å². The molecule has 0 atom stereocenters. The standard InChI is InChI=1S/C14H19N5/c1-3-4-9-15-14-18-13(10-16-19-14)17-12-8-6-5-7-11(12)2/h5-8,10H,3-4,9H2,1-2H3,(H2,15,17,18,19). The van der Waals surface area contributed by atoms with Crippen molar-refractivity contribution in [2.45, 2.75) is 26.7 Å². The van der Waals surface area contributed by atoms with Crippen molar-refractivity contribution in [3.8, 4) is 0 Å². The van der Waals surface area contributed by atoms with Gasteiger partial charge in [-0.15, -0.1) is 5.10 Å². The number of aromatic nitrogens is 3. The normalized spacial score (nSPS) is 10.2. The second kappa shape index (κ2) is 6.68. The summed E-state index contributed by atoms with van der Waals surface area (Å²) in [6.07, 6.45) is 3.86. The quantitative estimate of drug-likeness (QED) is 0.778. The van der Waals surface area contributed by atoms with Gasteiger partial charge in [0.1, 0.15) is 0 Å². The summed E-state index contributed by atoms with van der Waals surface area (Å²) in [7, 11) is 0. The fourth-order valence-electron chi connectivity index (χ4n) is 1.67. The first kappa shape index (κ1) is 13.3. The molecule has 2 aromatic rings. The Hall–Kier alpha value is -2.17. The first-order valence-corrected chi connectivity index (χ1v) is 6.56. The fourth-order valence-corrected chi connectivity index (χ4v) is 1.67. The Labute approximate surface area is 113 Å². The van der Waals surface area contributed by atoms with E-state index in [2.05, 4.69) is 45.7 Å². The predicted molar refractivity (Wildman–Crippen MR) is 77.7 cm³/mol. The Morgan fingerprint density at radius 2 is 2.05 bits per heavy atom. The Morgan fingerprint density at radius 3 is 2.84 bits per heavy atom. The van der Waals surface area contributed by atoms with Crippen LogP contribution in [0, 0.1) is 6.92 Å². The van der Waals surface area contributed by atoms with Crippen molar-refractivity contribution in [3.05, 3.63) is 36.0 Å². The Balaban J connectivity index is 2.05. The van der Waals surface area contributed by atoms with E-state index in [1.54, 1.807) is 6.20 Å². The Bertz CT molecular complexity index is 527. The lowest BCUT2D eigenvalue weighted by Crippen LogP contribution is -2.07. The summed E-state index contributed by atoms with van der Waals surface area (Å²) in [5.74, 6) is 1.26. The van der Waals surface area contributed by atoms with E-state index in [1.165, 1.54) is 5.56 Å². The number of nitrogens with one attached hydrogen (secondary N) is 2. The molecule has 1 aromatic carbocycles. The SMILES string of the molecule is CCCCNc1nncc(Nc2ccccc2C)n1. The lowest BCUT2D eigenvalue weighted by atomic mass is 10.2. The summed E-state index contributed by atoms with van der Waals surface area (Å²) in [4.78, 5) is 4.39. The number of anilines is 3. The first-order chi connectivity index (χ1) is 9.29. The molecule has 100 valence electrons. The van der Waals surface area contributed by atoms with Gasteiger partial charge in [-0.05, 0) is 25.0 Å². The molecule has 0 radical (unpaired) electrons. The van der Waals surface area contributed by atoms with Crippen LogP contribution < -0.4 is 10.6 Å². The van der Waals surface area contributed by atoms with Crippen LogP contribution in [0.15, 0.2) is 30.5 Å². The van der Waals surface area contributed by atoms with Crippen LogP contribution in [0.2, 0.25) is 0 Å². The molecule has 0 bridgehead atoms. The summed E-state index contributed by atoms with van der Waals surface area (Å²) < 4.78 is 0. The highest BCUT2D eigenvalue weighted by molar-refractivity contribution is 5.59. The minimum atomic E-state index is 0.562. The minimum absolute atomic E-state index is 0.562. The summed E-state index contributed by atoms with van der Waals surface area (Å²) in [5, 5.41) is 14.3. The van der Waals surface area contributed by atoms with Gasteiger partial charge in [-0.2, -0.15) is 10.1 Å². The van der Waals surface area contributed by atoms with E-state index in [1.807, 2.05) is 18.2 Å². The average Bonchev–Trinajstić information content (AvgIpc) is 2.42. The van der Waals surface area contributed by atoms with Gasteiger partial charge in [-0.3, -0.25) is 0 Å². The number of hydrogen-bond donors (Lipinski definition) is 2. The van der Waals surface area contributed by atoms with Crippen LogP contribution in [0.3, 0.4) is 0 Å². The highest BCUT2D eigenvalue weighted by Gasteiger charge is 2.02. The first-order valence-electron chi connectivity index (χ1n) is 6.56. The van der Waals surface area contributed by atoms with E-state index in [-0.39, 0.29) is 0 Å². The van der Waals surface area contributed by atoms with Crippen molar-refractivity contribution in [1.29, 1.82) is 0 Å². The predicted octanol–water partition coefficient (Wildman–Crippen LogP) is 3.14. The molecule has 2 rings (SSSR count). The van der Waals surface area contributed by atoms with Gasteiger partial charge in [0.05, 0.1) is 6.20 Å². The van der Waals surface area contributed by atoms with Gasteiger partial charge in [0.2, 0.25) is 5.95 Å². The number of nitrogens with zero attached hydrogens (tertiary/aromatic N) is 3. The molecule has 0 amide bonds. The molecule has 1 aromatic heterocycles. The van der Waals surface area contributed by atoms with Gasteiger partial charge < -0.3 is 10.6 Å². The van der Waals surface area contributed by atoms with Crippen LogP contribution in [0.1, 0.15) is 25.3 Å². The molecule has 0 unspecified atom stereocenters. The third kappa shape index (κ3) is 3.91. The van der Waals surface area contributed by atoms with Crippen LogP contribution in [0.4, 0.5) is 17.5 Å². The maximum Gasteiger partial charge on any atom is 0.244 e. The Kier molecular flexibility index (Phi) is 4.66. The number of aryl methyl sites for hydroxylation is 1. The molecule has 0 spiro atoms. The number of unbranched alkanes of at least 4 members (excludes halogenated alkanes) is 1. The zero-order valence-corrected chi connectivity index (χ0v) is 11.3. The van der Waals surface area contributed by atoms with Crippen LogP contribution in [0.25, 0.3) is 0 Å². The number of para-hydroxylation sites is 1. The van der Waals surface area contributed by atoms with E-state index in [4.69, 9.17) is 0 Å². The molecule has 0 aliphatic heterocycles. The van der Waals surface area contributed by atoms with Crippen molar-refractivity contribution in [2.24, 2.45) is 0 Å². The summed E-state index contributed by atoms with van der Waals surface area (Å²) in [6.45, 7) is 5.07. The van der Waals surface area contributed by atoms with Gasteiger partial charge in [0.25, 0.3) is 0 Å². The number of rotatable bonds is 6. The average molecular weight is 257 g/mol. The molecule has 5 nitrogen and oxygen atoms in total. The largest absolute Gasteiger partial charge is 0.353 e. The molecular formula is C14H19N5. The molecule has 0 aliphatic rings. The summed E-state index contributed by atoms with van der Waals surface area (Å²) in [6, 6.07) is 8.07. The zero-order valence-electron chi connectivity index (χ0n) is 11.3. The van der Waals surface area contributed by atoms with E-state index in [0.29, 0.717) is 11.8 Å². The third-order valence-corrected chi connectivity index (χ3v) is 2.78. The topological polar surface area (TPSA) is 62.7 Å². The lowest BCUT2D eigenvalue weighted by molar-refractivity contribution is 0.819. The second-order valence-corrected chi connectivity index (χ2v) is 4.39. The smallest absolute Gasteiger partial charge is 0.244 e. The van der Waals surface area contributed by atoms with Crippen molar-refractivity contribution in [3.63, 3.8) is 0 Å². The summed E-state index contributed by atoms with van der Waals surface area (Å²) in [5.41, 5.74) is 2.20. The third-order valence-electron chi connectivity index (χ3n) is 2.78. The molecule has 2 N–H and O–H groups in total. The molecule has 0 fully saturated rings. The van der Waals surface area contributed by atoms with Crippen molar-refractivity contribution < 1.29 is 0 Å². The van der Waals surface area contributed by atoms with Crippen LogP contribution in [0.5, 0.6) is 0 Å². The van der Waals surface area contributed by atoms with Crippen LogP contribution in [-0.4, -0.2) is 21.7 Å². The van der Waals surface area contributed by atoms with Gasteiger partial charge in [-0.25, -0.2) is 0 Å². The highest BCUT2D eigenvalue weighted by Crippen LogP contribution is 2.18. The number of hydrogen-bond acceptors (Lipinski definition) is 5. The molecule has 0 saturated carbocycles. The van der Waals surface area contributed by atoms with Crippen molar-refractivity contribution >= 4 is 17.5 Å². The van der Waals surface area contributed by atoms with E-state index in [9.17, 15) is 0 Å². The van der Waals surface area contributed by atoms with Crippen LogP contribution >= 0.6 is 0 Å². The van der Waals surface area contributed by atoms with E-state index < -0.39 is 0 Å². The molecule has 5 heteroatoms. The highest BCUT2D eigenvalue weighted by atomic mass is 15.3. The summed E-state index contributed by atoms with van der Waals surface area (Å²) >= 11 is 0. The second-order valence-electron chi connectivity index (χ2n) is 4.39. The van der Waals surface area contributed by atoms with Crippen molar-refractivity contribution in [2.75, 3.05) is 17.2 Å². The molecule has 0 saturated heterocycles. The van der Waals surface area contributed by atoms with E-state index >= 15 is 0 Å².